The Bertz CT molecular complexity index is 1170. The molecular formula is C37H60N2O8. The second-order valence-corrected chi connectivity index (χ2v) is 15.2. The largest absolute Gasteiger partial charge is 0.457 e. The summed E-state index contributed by atoms with van der Waals surface area (Å²) in [5.41, 5.74) is -0.347. The first-order valence-electron chi connectivity index (χ1n) is 17.8. The van der Waals surface area contributed by atoms with Crippen molar-refractivity contribution in [2.45, 2.75) is 154 Å². The van der Waals surface area contributed by atoms with Gasteiger partial charge in [0.05, 0.1) is 36.4 Å². The third-order valence-electron chi connectivity index (χ3n) is 10.7. The molecule has 47 heavy (non-hydrogen) atoms. The van der Waals surface area contributed by atoms with E-state index in [-0.39, 0.29) is 48.5 Å². The van der Waals surface area contributed by atoms with Gasteiger partial charge in [-0.25, -0.2) is 4.79 Å². The average Bonchev–Trinajstić information content (AvgIpc) is 3.43. The number of likely N-dealkylation sites (tertiary alicyclic amines) is 2. The molecule has 0 saturated carbocycles. The number of aliphatic hydroxyl groups is 3. The van der Waals surface area contributed by atoms with Gasteiger partial charge in [-0.2, -0.15) is 0 Å². The van der Waals surface area contributed by atoms with E-state index in [1.54, 1.807) is 19.1 Å². The van der Waals surface area contributed by atoms with Crippen LogP contribution in [-0.4, -0.2) is 111 Å². The molecular weight excluding hydrogens is 600 g/mol. The van der Waals surface area contributed by atoms with E-state index in [0.717, 1.165) is 18.5 Å². The van der Waals surface area contributed by atoms with Crippen LogP contribution < -0.4 is 0 Å². The third-order valence-corrected chi connectivity index (χ3v) is 10.7. The Morgan fingerprint density at radius 3 is 2.53 bits per heavy atom. The van der Waals surface area contributed by atoms with E-state index in [1.807, 2.05) is 57.7 Å². The number of hydrogen-bond donors (Lipinski definition) is 3. The fourth-order valence-electron chi connectivity index (χ4n) is 7.54. The van der Waals surface area contributed by atoms with Crippen molar-refractivity contribution >= 4 is 12.1 Å². The summed E-state index contributed by atoms with van der Waals surface area (Å²) >= 11 is 0. The zero-order valence-electron chi connectivity index (χ0n) is 29.7. The maximum Gasteiger partial charge on any atom is 0.410 e. The van der Waals surface area contributed by atoms with Gasteiger partial charge in [0.1, 0.15) is 12.2 Å². The number of aliphatic hydroxyl groups excluding tert-OH is 2. The van der Waals surface area contributed by atoms with E-state index in [1.165, 1.54) is 0 Å². The van der Waals surface area contributed by atoms with Crippen LogP contribution in [0.25, 0.3) is 0 Å². The van der Waals surface area contributed by atoms with Gasteiger partial charge in [0.2, 0.25) is 0 Å². The van der Waals surface area contributed by atoms with Crippen molar-refractivity contribution in [2.24, 2.45) is 17.8 Å². The number of carbonyl (C=O) groups excluding carboxylic acids is 2. The number of allylic oxidation sites excluding steroid dienone is 2. The SMILES string of the molecule is CCC(O)C(C)C1OC1CC(C)(O)C=CC=C(C)C1OC(=O)CC(O)CCC(C)C(OC(=O)N2C[C@@H]3C[C@H]2CN3C(C)C)C=CC1C. The molecule has 3 fully saturated rings. The smallest absolute Gasteiger partial charge is 0.410 e. The minimum absolute atomic E-state index is 0.00728. The number of esters is 1. The first-order valence-corrected chi connectivity index (χ1v) is 17.8. The molecule has 10 unspecified atom stereocenters. The van der Waals surface area contributed by atoms with Crippen molar-refractivity contribution in [3.8, 4) is 0 Å². The predicted octanol–water partition coefficient (Wildman–Crippen LogP) is 4.76. The normalized spacial score (nSPS) is 36.5. The van der Waals surface area contributed by atoms with Crippen LogP contribution in [0.4, 0.5) is 4.79 Å². The highest BCUT2D eigenvalue weighted by atomic mass is 16.6. The summed E-state index contributed by atoms with van der Waals surface area (Å²) in [7, 11) is 0. The fraction of sp³-hybridized carbons (Fsp3) is 0.784. The van der Waals surface area contributed by atoms with Crippen molar-refractivity contribution in [1.82, 2.24) is 9.80 Å². The quantitative estimate of drug-likeness (QED) is 0.131. The molecule has 0 spiro atoms. The molecule has 12 atom stereocenters. The lowest BCUT2D eigenvalue weighted by atomic mass is 9.91. The molecule has 266 valence electrons. The van der Waals surface area contributed by atoms with Gasteiger partial charge in [-0.3, -0.25) is 9.69 Å². The van der Waals surface area contributed by atoms with Gasteiger partial charge in [0.15, 0.2) is 0 Å². The Morgan fingerprint density at radius 1 is 1.17 bits per heavy atom. The molecule has 10 nitrogen and oxygen atoms in total. The minimum atomic E-state index is -1.12. The van der Waals surface area contributed by atoms with Crippen molar-refractivity contribution in [1.29, 1.82) is 0 Å². The first-order chi connectivity index (χ1) is 22.1. The summed E-state index contributed by atoms with van der Waals surface area (Å²) < 4.78 is 17.8. The van der Waals surface area contributed by atoms with Crippen LogP contribution in [0.2, 0.25) is 0 Å². The van der Waals surface area contributed by atoms with E-state index >= 15 is 0 Å². The molecule has 10 heteroatoms. The van der Waals surface area contributed by atoms with Gasteiger partial charge < -0.3 is 34.4 Å². The first kappa shape index (κ1) is 37.6. The number of carbonyl (C=O) groups is 2. The number of piperazine rings is 1. The van der Waals surface area contributed by atoms with Crippen LogP contribution in [0.1, 0.15) is 93.9 Å². The fourth-order valence-corrected chi connectivity index (χ4v) is 7.54. The molecule has 4 aliphatic rings. The van der Waals surface area contributed by atoms with Crippen LogP contribution in [0.15, 0.2) is 36.0 Å². The summed E-state index contributed by atoms with van der Waals surface area (Å²) in [5.74, 6) is -0.762. The number of ether oxygens (including phenoxy) is 3. The van der Waals surface area contributed by atoms with Crippen LogP contribution in [0.3, 0.4) is 0 Å². The standard InChI is InChI=1S/C37H60N2O8/c1-9-30(41)26(7)35-32(45-35)19-37(8,44)16-10-11-24(5)34-25(6)13-15-31(23(4)12-14-29(40)18-33(42)47-34)46-36(43)39-21-27-17-28(39)20-38(27)22(2)3/h10-11,13,15-16,22-23,25-32,34-35,40-41,44H,9,12,14,17-21H2,1-8H3/t23?,25?,26?,27-,28-,29?,30?,31?,32?,34?,35?,37?/m0/s1. The molecule has 0 aromatic carbocycles. The van der Waals surface area contributed by atoms with Crippen LogP contribution >= 0.6 is 0 Å². The molecule has 3 N–H and O–H groups in total. The van der Waals surface area contributed by atoms with Gasteiger partial charge >= 0.3 is 12.1 Å². The van der Waals surface area contributed by atoms with Crippen molar-refractivity contribution < 1.29 is 39.1 Å². The average molecular weight is 661 g/mol. The summed E-state index contributed by atoms with van der Waals surface area (Å²) in [5, 5.41) is 31.8. The highest BCUT2D eigenvalue weighted by Crippen LogP contribution is 2.38. The number of cyclic esters (lactones) is 1. The lowest BCUT2D eigenvalue weighted by Gasteiger charge is -2.36. The van der Waals surface area contributed by atoms with Crippen LogP contribution in [-0.2, 0) is 19.0 Å². The zero-order chi connectivity index (χ0) is 34.6. The lowest BCUT2D eigenvalue weighted by Crippen LogP contribution is -2.51. The van der Waals surface area contributed by atoms with Crippen LogP contribution in [0, 0.1) is 17.8 Å². The third kappa shape index (κ3) is 9.91. The zero-order valence-corrected chi connectivity index (χ0v) is 29.7. The van der Waals surface area contributed by atoms with E-state index < -0.39 is 36.0 Å². The number of hydrogen-bond acceptors (Lipinski definition) is 9. The molecule has 4 rings (SSSR count). The van der Waals surface area contributed by atoms with E-state index in [2.05, 4.69) is 18.7 Å². The highest BCUT2D eigenvalue weighted by Gasteiger charge is 2.48. The minimum Gasteiger partial charge on any atom is -0.457 e. The molecule has 3 saturated heterocycles. The van der Waals surface area contributed by atoms with Gasteiger partial charge in [0.25, 0.3) is 0 Å². The number of nitrogens with zero attached hydrogens (tertiary/aromatic N) is 2. The van der Waals surface area contributed by atoms with E-state index in [4.69, 9.17) is 14.2 Å². The molecule has 4 heterocycles. The second-order valence-electron chi connectivity index (χ2n) is 15.2. The Kier molecular flexibility index (Phi) is 12.8. The maximum atomic E-state index is 13.4. The molecule has 0 aromatic rings. The summed E-state index contributed by atoms with van der Waals surface area (Å²) in [6, 6.07) is 0.994. The molecule has 4 aliphatic heterocycles. The Hall–Kier alpha value is -2.24. The van der Waals surface area contributed by atoms with Gasteiger partial charge in [-0.1, -0.05) is 52.0 Å². The predicted molar refractivity (Wildman–Crippen MR) is 180 cm³/mol. The molecule has 1 amide bonds. The topological polar surface area (TPSA) is 132 Å². The van der Waals surface area contributed by atoms with Gasteiger partial charge in [0, 0.05) is 49.5 Å². The maximum absolute atomic E-state index is 13.4. The van der Waals surface area contributed by atoms with Crippen molar-refractivity contribution in [2.75, 3.05) is 13.1 Å². The van der Waals surface area contributed by atoms with Crippen molar-refractivity contribution in [3.05, 3.63) is 36.0 Å². The van der Waals surface area contributed by atoms with Gasteiger partial charge in [-0.05, 0) is 70.9 Å². The molecule has 0 radical (unpaired) electrons. The summed E-state index contributed by atoms with van der Waals surface area (Å²) in [4.78, 5) is 30.6. The number of rotatable bonds is 10. The Morgan fingerprint density at radius 2 is 1.89 bits per heavy atom. The van der Waals surface area contributed by atoms with Crippen molar-refractivity contribution in [3.63, 3.8) is 0 Å². The number of epoxide rings is 1. The van der Waals surface area contributed by atoms with Crippen LogP contribution in [0.5, 0.6) is 0 Å². The van der Waals surface area contributed by atoms with E-state index in [9.17, 15) is 24.9 Å². The second kappa shape index (κ2) is 16.0. The number of amides is 1. The Labute approximate surface area is 281 Å². The Balaban J connectivity index is 1.43. The summed E-state index contributed by atoms with van der Waals surface area (Å²) in [6.07, 6.45) is 9.24. The monoisotopic (exact) mass is 660 g/mol. The molecule has 0 aromatic heterocycles. The molecule has 0 aliphatic carbocycles. The molecule has 2 bridgehead atoms. The lowest BCUT2D eigenvalue weighted by molar-refractivity contribution is -0.151. The number of fused-ring (bicyclic) bond motifs is 2. The summed E-state index contributed by atoms with van der Waals surface area (Å²) in [6.45, 7) is 17.4. The van der Waals surface area contributed by atoms with Gasteiger partial charge in [-0.15, -0.1) is 0 Å². The van der Waals surface area contributed by atoms with E-state index in [0.29, 0.717) is 44.3 Å². The highest BCUT2D eigenvalue weighted by molar-refractivity contribution is 5.70.